The zero-order chi connectivity index (χ0) is 23.6. The maximum atomic E-state index is 14.0. The van der Waals surface area contributed by atoms with Gasteiger partial charge in [0.05, 0.1) is 18.4 Å². The second-order valence-electron chi connectivity index (χ2n) is 7.80. The Balaban J connectivity index is 1.71. The van der Waals surface area contributed by atoms with Crippen molar-refractivity contribution in [2.24, 2.45) is 0 Å². The van der Waals surface area contributed by atoms with Crippen LogP contribution >= 0.6 is 8.18 Å². The second-order valence-corrected chi connectivity index (χ2v) is 8.95. The van der Waals surface area contributed by atoms with Gasteiger partial charge in [-0.05, 0) is 32.9 Å². The third-order valence-electron chi connectivity index (χ3n) is 5.05. The Morgan fingerprint density at radius 1 is 1.44 bits per heavy atom. The summed E-state index contributed by atoms with van der Waals surface area (Å²) in [4.78, 5) is 15.7. The van der Waals surface area contributed by atoms with E-state index in [4.69, 9.17) is 19.7 Å². The van der Waals surface area contributed by atoms with Crippen molar-refractivity contribution in [2.45, 2.75) is 56.8 Å². The third-order valence-corrected chi connectivity index (χ3v) is 6.13. The molecule has 2 aromatic rings. The van der Waals surface area contributed by atoms with E-state index in [0.29, 0.717) is 11.2 Å². The largest absolute Gasteiger partial charge is 0.462 e. The topological polar surface area (TPSA) is 171 Å². The number of hydrogen-bond acceptors (Lipinski definition) is 10. The first kappa shape index (κ1) is 24.5. The van der Waals surface area contributed by atoms with Crippen LogP contribution in [-0.2, 0) is 23.4 Å². The lowest BCUT2D eigenvalue weighted by Crippen LogP contribution is -2.48. The van der Waals surface area contributed by atoms with Gasteiger partial charge in [-0.2, -0.15) is 5.10 Å². The molecule has 0 aliphatic carbocycles. The van der Waals surface area contributed by atoms with Crippen LogP contribution in [0.1, 0.15) is 32.6 Å². The highest BCUT2D eigenvalue weighted by molar-refractivity contribution is 7.36. The van der Waals surface area contributed by atoms with Crippen molar-refractivity contribution in [3.63, 3.8) is 0 Å². The molecule has 1 aliphatic heterocycles. The van der Waals surface area contributed by atoms with Gasteiger partial charge in [0.25, 0.3) is 8.18 Å². The van der Waals surface area contributed by atoms with E-state index in [1.165, 1.54) is 17.8 Å². The number of nitrogens with two attached hydrogens (primary N) is 1. The maximum absolute atomic E-state index is 14.0. The molecular formula is C18H27FN5O7P. The number of nitrogens with zero attached hydrogens (tertiary/aromatic N) is 3. The molecule has 1 saturated heterocycles. The Labute approximate surface area is 183 Å². The predicted molar refractivity (Wildman–Crippen MR) is 111 cm³/mol. The average molecular weight is 475 g/mol. The number of ether oxygens (including phenoxy) is 2. The molecule has 5 N–H and O–H groups in total. The molecule has 178 valence electrons. The van der Waals surface area contributed by atoms with Crippen molar-refractivity contribution < 1.29 is 38.0 Å². The maximum Gasteiger partial charge on any atom is 0.323 e. The normalized spacial score (nSPS) is 27.7. The fourth-order valence-electron chi connectivity index (χ4n) is 3.36. The zero-order valence-electron chi connectivity index (χ0n) is 17.8. The summed E-state index contributed by atoms with van der Waals surface area (Å²) in [5.41, 5.74) is 4.57. The smallest absolute Gasteiger partial charge is 0.323 e. The van der Waals surface area contributed by atoms with Crippen molar-refractivity contribution in [2.75, 3.05) is 19.0 Å². The molecule has 0 bridgehead atoms. The van der Waals surface area contributed by atoms with E-state index in [2.05, 4.69) is 15.2 Å². The van der Waals surface area contributed by atoms with Crippen molar-refractivity contribution in [3.8, 4) is 0 Å². The van der Waals surface area contributed by atoms with Crippen LogP contribution < -0.4 is 10.8 Å². The van der Waals surface area contributed by atoms with Gasteiger partial charge in [-0.15, -0.1) is 0 Å². The molecule has 1 unspecified atom stereocenters. The first-order valence-corrected chi connectivity index (χ1v) is 11.2. The molecule has 0 spiro atoms. The van der Waals surface area contributed by atoms with Gasteiger partial charge in [0.15, 0.2) is 5.82 Å². The molecule has 0 radical (unpaired) electrons. The number of esters is 1. The molecule has 1 fully saturated rings. The molecule has 14 heteroatoms. The van der Waals surface area contributed by atoms with Gasteiger partial charge >= 0.3 is 5.97 Å². The number of rotatable bonds is 9. The summed E-state index contributed by atoms with van der Waals surface area (Å²) in [6.45, 7) is 2.90. The number of fused-ring (bicyclic) bond motifs is 1. The number of aliphatic hydroxyl groups is 2. The van der Waals surface area contributed by atoms with Crippen molar-refractivity contribution in [1.82, 2.24) is 19.7 Å². The second kappa shape index (κ2) is 9.77. The minimum atomic E-state index is -3.04. The Kier molecular flexibility index (Phi) is 7.48. The van der Waals surface area contributed by atoms with Crippen LogP contribution in [0, 0.1) is 0 Å². The fourth-order valence-corrected chi connectivity index (χ4v) is 4.29. The molecule has 6 atom stereocenters. The number of aliphatic hydroxyl groups excluding tert-OH is 2. The number of carbonyl (C=O) groups excluding carboxylic acids is 1. The van der Waals surface area contributed by atoms with Gasteiger partial charge in [-0.3, -0.25) is 9.36 Å². The van der Waals surface area contributed by atoms with Crippen LogP contribution in [0.4, 0.5) is 10.2 Å². The van der Waals surface area contributed by atoms with Crippen LogP contribution in [0.3, 0.4) is 0 Å². The molecule has 1 aliphatic rings. The highest BCUT2D eigenvalue weighted by atomic mass is 31.1. The van der Waals surface area contributed by atoms with E-state index in [1.807, 2.05) is 0 Å². The lowest BCUT2D eigenvalue weighted by atomic mass is 9.96. The van der Waals surface area contributed by atoms with Crippen molar-refractivity contribution >= 4 is 25.5 Å². The molecule has 3 rings (SSSR count). The van der Waals surface area contributed by atoms with E-state index in [-0.39, 0.29) is 11.9 Å². The monoisotopic (exact) mass is 475 g/mol. The number of aromatic nitrogens is 3. The van der Waals surface area contributed by atoms with E-state index >= 15 is 0 Å². The minimum Gasteiger partial charge on any atom is -0.462 e. The first-order chi connectivity index (χ1) is 15.1. The van der Waals surface area contributed by atoms with Crippen molar-refractivity contribution in [3.05, 3.63) is 24.2 Å². The first-order valence-electron chi connectivity index (χ1n) is 9.91. The minimum absolute atomic E-state index is 0.189. The van der Waals surface area contributed by atoms with E-state index in [1.54, 1.807) is 26.0 Å². The number of nitrogens with one attached hydrogen (secondary N) is 1. The summed E-state index contributed by atoms with van der Waals surface area (Å²) in [6, 6.07) is 2.22. The van der Waals surface area contributed by atoms with E-state index in [0.717, 1.165) is 0 Å². The lowest BCUT2D eigenvalue weighted by Gasteiger charge is -2.28. The van der Waals surface area contributed by atoms with Crippen LogP contribution in [0.5, 0.6) is 0 Å². The van der Waals surface area contributed by atoms with Crippen LogP contribution in [-0.4, -0.2) is 74.0 Å². The van der Waals surface area contributed by atoms with Gasteiger partial charge in [0, 0.05) is 0 Å². The molecule has 0 aromatic carbocycles. The number of hydrogen-bond donors (Lipinski definition) is 4. The van der Waals surface area contributed by atoms with Gasteiger partial charge in [-0.1, -0.05) is 0 Å². The summed E-state index contributed by atoms with van der Waals surface area (Å²) in [7, 11) is -3.04. The average Bonchev–Trinajstić information content (AvgIpc) is 3.27. The van der Waals surface area contributed by atoms with Gasteiger partial charge in [0.1, 0.15) is 48.5 Å². The summed E-state index contributed by atoms with van der Waals surface area (Å²) in [5.74, 6) is -0.440. The highest BCUT2D eigenvalue weighted by Gasteiger charge is 2.56. The molecule has 0 amide bonds. The Morgan fingerprint density at radius 3 is 2.81 bits per heavy atom. The van der Waals surface area contributed by atoms with Crippen LogP contribution in [0.25, 0.3) is 5.52 Å². The lowest BCUT2D eigenvalue weighted by molar-refractivity contribution is -0.149. The molecular weight excluding hydrogens is 448 g/mol. The summed E-state index contributed by atoms with van der Waals surface area (Å²) < 4.78 is 43.5. The number of carbonyl (C=O) groups is 1. The molecule has 12 nitrogen and oxygen atoms in total. The third kappa shape index (κ3) is 4.77. The predicted octanol–water partition coefficient (Wildman–Crippen LogP) is 0.149. The van der Waals surface area contributed by atoms with Gasteiger partial charge in [0.2, 0.25) is 0 Å². The zero-order valence-corrected chi connectivity index (χ0v) is 18.8. The SMILES string of the molecule is CC(C)OC(=O)[C@H](C)N[PH](=O)OC[C@@]1(CF)O[C@@H](c2ccc3c(N)ncnn23)[C@H](O)[C@@H]1O. The number of alkyl halides is 1. The Bertz CT molecular complexity index is 992. The summed E-state index contributed by atoms with van der Waals surface area (Å²) in [5, 5.41) is 27.6. The number of anilines is 1. The highest BCUT2D eigenvalue weighted by Crippen LogP contribution is 2.42. The van der Waals surface area contributed by atoms with Gasteiger partial charge < -0.3 is 29.9 Å². The quantitative estimate of drug-likeness (QED) is 0.287. The number of nitrogen functional groups attached to an aromatic ring is 1. The van der Waals surface area contributed by atoms with E-state index < -0.39 is 57.4 Å². The number of halogens is 1. The van der Waals surface area contributed by atoms with Crippen LogP contribution in [0.15, 0.2) is 18.5 Å². The van der Waals surface area contributed by atoms with E-state index in [9.17, 15) is 24.0 Å². The Morgan fingerprint density at radius 2 is 2.16 bits per heavy atom. The Hall–Kier alpha value is -2.15. The fraction of sp³-hybridized carbons (Fsp3) is 0.611. The summed E-state index contributed by atoms with van der Waals surface area (Å²) >= 11 is 0. The molecule has 2 aromatic heterocycles. The van der Waals surface area contributed by atoms with Gasteiger partial charge in [-0.25, -0.2) is 19.0 Å². The molecule has 0 saturated carbocycles. The molecule has 3 heterocycles. The molecule has 32 heavy (non-hydrogen) atoms. The van der Waals surface area contributed by atoms with Crippen LogP contribution in [0.2, 0.25) is 0 Å². The standard InChI is InChI=1S/C18H27FN5O7P/c1-9(2)30-17(27)10(3)23-32(28)29-7-18(6-19)15(26)13(25)14(31-18)11-4-5-12-16(20)21-8-22-24(11)12/h4-5,8-10,13-15,25-26,32H,6-7H2,1-3H3,(H,23,28)(H2,20,21,22)/t10-,13-,14-,15-,18+/m0/s1. The summed E-state index contributed by atoms with van der Waals surface area (Å²) in [6.07, 6.45) is -3.54. The van der Waals surface area contributed by atoms with Crippen molar-refractivity contribution in [1.29, 1.82) is 0 Å².